The number of hydrogen-bond donors (Lipinski definition) is 2. The second kappa shape index (κ2) is 11.0. The predicted molar refractivity (Wildman–Crippen MR) is 131 cm³/mol. The summed E-state index contributed by atoms with van der Waals surface area (Å²) < 4.78 is 2.91. The zero-order valence-corrected chi connectivity index (χ0v) is 20.1. The van der Waals surface area contributed by atoms with Crippen molar-refractivity contribution in [1.29, 1.82) is 0 Å². The Hall–Kier alpha value is -1.51. The molecule has 5 heteroatoms. The molecule has 3 aromatic rings. The lowest BCUT2D eigenvalue weighted by Crippen LogP contribution is -2.27. The van der Waals surface area contributed by atoms with E-state index in [-0.39, 0.29) is 12.1 Å². The van der Waals surface area contributed by atoms with E-state index in [0.29, 0.717) is 0 Å². The van der Waals surface area contributed by atoms with Gasteiger partial charge in [-0.2, -0.15) is 11.3 Å². The van der Waals surface area contributed by atoms with E-state index in [1.807, 2.05) is 11.3 Å². The fourth-order valence-corrected chi connectivity index (χ4v) is 7.26. The van der Waals surface area contributed by atoms with Gasteiger partial charge in [-0.15, -0.1) is 0 Å². The van der Waals surface area contributed by atoms with Crippen LogP contribution in [0.15, 0.2) is 60.7 Å². The van der Waals surface area contributed by atoms with Crippen LogP contribution in [0.2, 0.25) is 0 Å². The Morgan fingerprint density at radius 1 is 0.655 bits per heavy atom. The molecule has 0 saturated carbocycles. The lowest BCUT2D eigenvalue weighted by molar-refractivity contribution is 0.646. The quantitative estimate of drug-likeness (QED) is 0.477. The minimum absolute atomic E-state index is 0.265. The van der Waals surface area contributed by atoms with Crippen LogP contribution in [0.1, 0.15) is 37.8 Å². The number of nitrogens with two attached hydrogens (primary N) is 2. The minimum Gasteiger partial charge on any atom is -0.327 e. The van der Waals surface area contributed by atoms with E-state index in [2.05, 4.69) is 74.5 Å². The molecule has 2 unspecified atom stereocenters. The van der Waals surface area contributed by atoms with E-state index in [0.717, 1.165) is 44.7 Å². The molecule has 0 spiro atoms. The summed E-state index contributed by atoms with van der Waals surface area (Å²) in [7, 11) is 1.45. The molecule has 0 aliphatic carbocycles. The molecule has 4 N–H and O–H groups in total. The van der Waals surface area contributed by atoms with Gasteiger partial charge in [-0.25, -0.2) is 0 Å². The molecule has 0 aliphatic heterocycles. The van der Waals surface area contributed by atoms with Gasteiger partial charge < -0.3 is 11.5 Å². The van der Waals surface area contributed by atoms with E-state index < -0.39 is 0 Å². The molecule has 4 radical (unpaired) electrons. The maximum Gasteiger partial charge on any atom is 0.135 e. The highest BCUT2D eigenvalue weighted by molar-refractivity contribution is 7.30. The van der Waals surface area contributed by atoms with Crippen molar-refractivity contribution in [3.8, 4) is 0 Å². The van der Waals surface area contributed by atoms with Crippen molar-refractivity contribution in [3.05, 3.63) is 71.8 Å². The molecule has 0 bridgehead atoms. The SMILES string of the molecule is CCC(N)Cc1ccc([Si]c2ccc([Si]c3ccc(CC(N)CC)cc3)s2)cc1. The van der Waals surface area contributed by atoms with Crippen LogP contribution in [0.3, 0.4) is 0 Å². The van der Waals surface area contributed by atoms with Gasteiger partial charge in [0, 0.05) is 12.1 Å². The fraction of sp³-hybridized carbons (Fsp3) is 0.333. The highest BCUT2D eigenvalue weighted by atomic mass is 32.1. The van der Waals surface area contributed by atoms with Crippen LogP contribution in [0.4, 0.5) is 0 Å². The lowest BCUT2D eigenvalue weighted by atomic mass is 10.1. The Morgan fingerprint density at radius 3 is 1.38 bits per heavy atom. The summed E-state index contributed by atoms with van der Waals surface area (Å²) in [5, 5.41) is 2.79. The predicted octanol–water partition coefficient (Wildman–Crippen LogP) is 1.62. The topological polar surface area (TPSA) is 52.0 Å². The first-order chi connectivity index (χ1) is 14.1. The van der Waals surface area contributed by atoms with Gasteiger partial charge in [-0.1, -0.05) is 84.9 Å². The normalized spacial score (nSPS) is 13.4. The number of benzene rings is 2. The highest BCUT2D eigenvalue weighted by Gasteiger charge is 2.07. The van der Waals surface area contributed by atoms with Crippen molar-refractivity contribution in [2.45, 2.75) is 51.6 Å². The molecule has 2 nitrogen and oxygen atoms in total. The first-order valence-corrected chi connectivity index (χ1v) is 13.2. The van der Waals surface area contributed by atoms with E-state index in [1.165, 1.54) is 30.5 Å². The van der Waals surface area contributed by atoms with Gasteiger partial charge in [0.15, 0.2) is 0 Å². The molecule has 29 heavy (non-hydrogen) atoms. The summed E-state index contributed by atoms with van der Waals surface area (Å²) in [5.74, 6) is 0. The van der Waals surface area contributed by atoms with E-state index >= 15 is 0 Å². The Balaban J connectivity index is 1.55. The first kappa shape index (κ1) is 22.2. The Bertz CT molecular complexity index is 803. The smallest absolute Gasteiger partial charge is 0.135 e. The largest absolute Gasteiger partial charge is 0.327 e. The third-order valence-corrected chi connectivity index (χ3v) is 9.10. The number of rotatable bonds is 10. The lowest BCUT2D eigenvalue weighted by Gasteiger charge is -2.09. The highest BCUT2D eigenvalue weighted by Crippen LogP contribution is 2.04. The second-order valence-corrected chi connectivity index (χ2v) is 12.1. The van der Waals surface area contributed by atoms with Gasteiger partial charge in [0.05, 0.1) is 0 Å². The minimum atomic E-state index is 0.265. The van der Waals surface area contributed by atoms with Gasteiger partial charge in [0.1, 0.15) is 19.0 Å². The van der Waals surface area contributed by atoms with Crippen molar-refractivity contribution in [2.24, 2.45) is 11.5 Å². The Morgan fingerprint density at radius 2 is 1.03 bits per heavy atom. The van der Waals surface area contributed by atoms with Crippen LogP contribution in [-0.2, 0) is 12.8 Å². The van der Waals surface area contributed by atoms with E-state index in [4.69, 9.17) is 11.5 Å². The van der Waals surface area contributed by atoms with Crippen molar-refractivity contribution >= 4 is 49.8 Å². The molecule has 1 aromatic heterocycles. The third kappa shape index (κ3) is 7.05. The van der Waals surface area contributed by atoms with Crippen LogP contribution in [0, 0.1) is 0 Å². The van der Waals surface area contributed by atoms with Crippen molar-refractivity contribution < 1.29 is 0 Å². The molecule has 2 atom stereocenters. The average molecular weight is 435 g/mol. The van der Waals surface area contributed by atoms with Crippen LogP contribution >= 0.6 is 11.3 Å². The van der Waals surface area contributed by atoms with Crippen molar-refractivity contribution in [2.75, 3.05) is 0 Å². The average Bonchev–Trinajstić information content (AvgIpc) is 3.17. The standard InChI is InChI=1S/C24H30N2SSi2/c1-3-19(25)15-17-5-9-21(10-6-17)28-23-13-14-24(27-23)29-22-11-7-18(8-12-22)16-20(26)4-2/h5-14,19-20H,3-4,15-16,25-26H2,1-2H3. The molecular formula is C24H30N2SSi2. The molecule has 2 aromatic carbocycles. The van der Waals surface area contributed by atoms with Gasteiger partial charge in [-0.3, -0.25) is 0 Å². The Kier molecular flexibility index (Phi) is 8.45. The molecule has 3 rings (SSSR count). The Labute approximate surface area is 184 Å². The van der Waals surface area contributed by atoms with Gasteiger partial charge in [0.2, 0.25) is 0 Å². The van der Waals surface area contributed by atoms with E-state index in [1.54, 1.807) is 0 Å². The van der Waals surface area contributed by atoms with E-state index in [9.17, 15) is 0 Å². The molecule has 1 heterocycles. The second-order valence-electron chi connectivity index (χ2n) is 7.55. The van der Waals surface area contributed by atoms with Gasteiger partial charge in [0.25, 0.3) is 0 Å². The maximum absolute atomic E-state index is 6.07. The summed E-state index contributed by atoms with van der Waals surface area (Å²) in [5.41, 5.74) is 14.8. The molecule has 0 aliphatic rings. The van der Waals surface area contributed by atoms with Crippen LogP contribution in [0.25, 0.3) is 0 Å². The number of thiophene rings is 1. The molecule has 150 valence electrons. The summed E-state index contributed by atoms with van der Waals surface area (Å²) in [6, 6.07) is 23.1. The van der Waals surface area contributed by atoms with Crippen molar-refractivity contribution in [3.63, 3.8) is 0 Å². The van der Waals surface area contributed by atoms with Crippen LogP contribution in [-0.4, -0.2) is 31.1 Å². The fourth-order valence-electron chi connectivity index (χ4n) is 3.10. The monoisotopic (exact) mass is 434 g/mol. The summed E-state index contributed by atoms with van der Waals surface area (Å²) in [4.78, 5) is 0. The summed E-state index contributed by atoms with van der Waals surface area (Å²) in [6.45, 7) is 4.29. The zero-order valence-electron chi connectivity index (χ0n) is 17.3. The first-order valence-electron chi connectivity index (χ1n) is 10.4. The maximum atomic E-state index is 6.07. The third-order valence-electron chi connectivity index (χ3n) is 5.09. The summed E-state index contributed by atoms with van der Waals surface area (Å²) >= 11 is 1.94. The molecule has 0 amide bonds. The van der Waals surface area contributed by atoms with Gasteiger partial charge in [-0.05, 0) is 45.8 Å². The van der Waals surface area contributed by atoms with Crippen LogP contribution < -0.4 is 30.8 Å². The molecule has 0 fully saturated rings. The van der Waals surface area contributed by atoms with Crippen LogP contribution in [0.5, 0.6) is 0 Å². The molecule has 0 saturated heterocycles. The van der Waals surface area contributed by atoms with Gasteiger partial charge >= 0.3 is 0 Å². The van der Waals surface area contributed by atoms with Crippen molar-refractivity contribution in [1.82, 2.24) is 0 Å². The zero-order chi connectivity index (χ0) is 20.6. The molecular weight excluding hydrogens is 405 g/mol. The summed E-state index contributed by atoms with van der Waals surface area (Å²) in [6.07, 6.45) is 3.98. The number of hydrogen-bond acceptors (Lipinski definition) is 3.